The van der Waals surface area contributed by atoms with Crippen LogP contribution in [0.4, 0.5) is 0 Å². The highest BCUT2D eigenvalue weighted by atomic mass is 35.5. The largest absolute Gasteiger partial charge is 0.548 e. The van der Waals surface area contributed by atoms with Gasteiger partial charge in [0.2, 0.25) is 47.5 Å². The maximum absolute atomic E-state index is 15.9. The molecule has 0 unspecified atom stereocenters. The molecule has 2 fully saturated rings. The normalized spacial score (nSPS) is 29.6. The topological polar surface area (TPSA) is 528 Å². The molecule has 2 saturated heterocycles. The lowest BCUT2D eigenvalue weighted by Gasteiger charge is -2.47. The number of rotatable bonds is 12. The van der Waals surface area contributed by atoms with Crippen molar-refractivity contribution in [3.05, 3.63) is 117 Å². The van der Waals surface area contributed by atoms with Gasteiger partial charge in [0.05, 0.1) is 53.3 Å². The van der Waals surface area contributed by atoms with Crippen LogP contribution in [0.5, 0.6) is 46.0 Å². The molecule has 12 rings (SSSR count). The summed E-state index contributed by atoms with van der Waals surface area (Å²) in [6.07, 6.45) is -18.9. The van der Waals surface area contributed by atoms with Crippen LogP contribution in [0, 0.1) is 5.92 Å². The fraction of sp³-hybridized carbons (Fsp3) is 0.424. The van der Waals surface area contributed by atoms with Crippen LogP contribution in [0.3, 0.4) is 0 Å². The van der Waals surface area contributed by atoms with Gasteiger partial charge in [0.1, 0.15) is 89.5 Å². The van der Waals surface area contributed by atoms with Crippen molar-refractivity contribution in [2.75, 3.05) is 13.7 Å². The zero-order valence-electron chi connectivity index (χ0n) is 54.2. The molecule has 11 bridgehead atoms. The number of aliphatic hydroxyl groups is 6. The summed E-state index contributed by atoms with van der Waals surface area (Å²) in [7, 11) is 1.46. The molecule has 0 saturated carbocycles. The number of fused-ring (bicyclic) bond motifs is 16. The molecule has 0 aromatic heterocycles. The second kappa shape index (κ2) is 30.2. The molecule has 0 aliphatic carbocycles. The van der Waals surface area contributed by atoms with E-state index in [9.17, 15) is 84.9 Å². The van der Waals surface area contributed by atoms with Gasteiger partial charge in [-0.3, -0.25) is 28.8 Å². The number of carboxylic acids is 2. The third-order valence-electron chi connectivity index (χ3n) is 17.7. The van der Waals surface area contributed by atoms with Crippen LogP contribution in [-0.4, -0.2) is 191 Å². The van der Waals surface area contributed by atoms with E-state index in [2.05, 4.69) is 37.2 Å². The van der Waals surface area contributed by atoms with Gasteiger partial charge in [-0.2, -0.15) is 0 Å². The van der Waals surface area contributed by atoms with Crippen molar-refractivity contribution in [1.82, 2.24) is 37.2 Å². The van der Waals surface area contributed by atoms with Crippen molar-refractivity contribution in [2.45, 2.75) is 156 Å². The number of likely N-dealkylation sites (N-methyl/N-ethyl adjacent to an activating group) is 1. The number of aliphatic carboxylic acids is 2. The Labute approximate surface area is 583 Å². The Morgan fingerprint density at radius 1 is 0.733 bits per heavy atom. The van der Waals surface area contributed by atoms with Gasteiger partial charge in [0, 0.05) is 29.2 Å². The second-order valence-corrected chi connectivity index (χ2v) is 26.4. The summed E-state index contributed by atoms with van der Waals surface area (Å²) in [6.45, 7) is 5.62. The number of hydrogen-bond donors (Lipinski definition) is 18. The quantitative estimate of drug-likeness (QED) is 0.0739. The van der Waals surface area contributed by atoms with Crippen molar-refractivity contribution in [3.63, 3.8) is 0 Å². The molecule has 101 heavy (non-hydrogen) atoms. The number of carbonyl (C=O) groups excluding carboxylic acids is 7. The average molecular weight is 1450 g/mol. The van der Waals surface area contributed by atoms with Gasteiger partial charge in [-0.25, -0.2) is 4.79 Å². The summed E-state index contributed by atoms with van der Waals surface area (Å²) in [5.74, 6) is -17.1. The molecule has 33 nitrogen and oxygen atoms in total. The van der Waals surface area contributed by atoms with Gasteiger partial charge in [-0.05, 0) is 116 Å². The monoisotopic (exact) mass is 1450 g/mol. The molecule has 5 aromatic carbocycles. The van der Waals surface area contributed by atoms with Gasteiger partial charge in [-0.1, -0.05) is 55.2 Å². The van der Waals surface area contributed by atoms with Gasteiger partial charge in [0.15, 0.2) is 23.9 Å². The van der Waals surface area contributed by atoms with E-state index in [1.54, 1.807) is 13.8 Å². The number of nitrogens with two attached hydrogens (primary N) is 1. The van der Waals surface area contributed by atoms with Crippen molar-refractivity contribution in [2.24, 2.45) is 11.7 Å². The van der Waals surface area contributed by atoms with Crippen molar-refractivity contribution < 1.29 is 123 Å². The van der Waals surface area contributed by atoms with Gasteiger partial charge in [0.25, 0.3) is 0 Å². The number of ether oxygens (including phenoxy) is 6. The predicted molar refractivity (Wildman–Crippen MR) is 345 cm³/mol. The second-order valence-electron chi connectivity index (χ2n) is 25.6. The number of amides is 6. The Hall–Kier alpha value is -9.20. The SMILES string of the molecule is CN[C@@H](CC(C)C)C(=O)N[C@H]1C(=O)N[C@H](C(=O)O)CC(=O)N[C@H]2C(=O)N[C@H]3C(=O)N[C@H](C(=O)N[C@H](C(=O)[O-])c4cc(O)cc(O)c4-c4cc3ccc4O)[C@H](O)c3ccc(c(Cl)c3)Oc3cc2cc(c3O[C@@H]2O[C@H](CO)[C@@H](O)[C@H](O)[C@H]2O[C@H]2C[C@](C)(N)[C@H](O)[C@@H](C)O2)Oc2ccc(cc2Cl)[C@H]1O. The molecule has 7 heterocycles. The smallest absolute Gasteiger partial charge is 0.326 e. The zero-order valence-corrected chi connectivity index (χ0v) is 55.7. The molecule has 542 valence electrons. The van der Waals surface area contributed by atoms with E-state index in [0.717, 1.165) is 72.8 Å². The van der Waals surface area contributed by atoms with Crippen LogP contribution in [0.1, 0.15) is 105 Å². The van der Waals surface area contributed by atoms with E-state index in [0.29, 0.717) is 0 Å². The fourth-order valence-electron chi connectivity index (χ4n) is 12.4. The van der Waals surface area contributed by atoms with Crippen molar-refractivity contribution in [3.8, 4) is 57.1 Å². The summed E-state index contributed by atoms with van der Waals surface area (Å²) in [5.41, 5.74) is 2.03. The van der Waals surface area contributed by atoms with Crippen LogP contribution in [0.25, 0.3) is 11.1 Å². The van der Waals surface area contributed by atoms with E-state index >= 15 is 9.59 Å². The Morgan fingerprint density at radius 3 is 1.93 bits per heavy atom. The number of hydrogen-bond acceptors (Lipinski definition) is 26. The number of halogens is 2. The van der Waals surface area contributed by atoms with Crippen molar-refractivity contribution in [1.29, 1.82) is 0 Å². The summed E-state index contributed by atoms with van der Waals surface area (Å²) >= 11 is 14.1. The molecule has 7 aliphatic heterocycles. The number of carbonyl (C=O) groups is 8. The van der Waals surface area contributed by atoms with E-state index in [-0.39, 0.29) is 41.2 Å². The first kappa shape index (κ1) is 74.5. The summed E-state index contributed by atoms with van der Waals surface area (Å²) in [5, 5.41) is 143. The average Bonchev–Trinajstić information content (AvgIpc) is 0.953. The number of aromatic hydroxyl groups is 3. The minimum atomic E-state index is -2.36. The molecular weight excluding hydrogens is 1380 g/mol. The zero-order chi connectivity index (χ0) is 73.5. The van der Waals surface area contributed by atoms with Gasteiger partial charge >= 0.3 is 5.97 Å². The first-order valence-electron chi connectivity index (χ1n) is 31.5. The Bertz CT molecular complexity index is 4070. The van der Waals surface area contributed by atoms with Crippen LogP contribution in [0.2, 0.25) is 10.0 Å². The highest BCUT2D eigenvalue weighted by molar-refractivity contribution is 6.32. The predicted octanol–water partition coefficient (Wildman–Crippen LogP) is -0.629. The first-order valence-corrected chi connectivity index (χ1v) is 32.3. The third-order valence-corrected chi connectivity index (χ3v) is 18.3. The van der Waals surface area contributed by atoms with E-state index in [1.165, 1.54) is 27.0 Å². The lowest BCUT2D eigenvalue weighted by molar-refractivity contribution is -0.333. The van der Waals surface area contributed by atoms with Crippen LogP contribution in [0.15, 0.2) is 78.9 Å². The Kier molecular flexibility index (Phi) is 22.2. The first-order chi connectivity index (χ1) is 47.7. The Balaban J connectivity index is 1.23. The summed E-state index contributed by atoms with van der Waals surface area (Å²) in [4.78, 5) is 116. The van der Waals surface area contributed by atoms with E-state index in [4.69, 9.17) is 57.4 Å². The maximum atomic E-state index is 15.9. The number of nitrogens with one attached hydrogen (secondary N) is 7. The minimum Gasteiger partial charge on any atom is -0.548 e. The molecule has 18 atom stereocenters. The van der Waals surface area contributed by atoms with Crippen LogP contribution in [-0.2, 0) is 52.6 Å². The van der Waals surface area contributed by atoms with Crippen LogP contribution < -0.4 is 62.3 Å². The lowest BCUT2D eigenvalue weighted by Crippen LogP contribution is -2.64. The molecule has 0 radical (unpaired) electrons. The standard InChI is InChI=1S/C66H74Cl2N8O25/c1-23(2)12-34(70-5)58(87)75-49-51(82)26-7-10-38(32(67)14-26)97-40-16-28-17-41(55(40)101-65-56(54(85)53(84)42(22-77)99-65)100-44-21-66(4,69)57(86)24(3)96-44)98-39-11-8-27(15-33(39)68)52(83)50-62(91)74-48(64(94)95)31-18-29(78)19-37(80)45(31)30-13-25(6-9-36(30)79)46(59(88)76-50)73-60(89)47(28)72-43(81)20-35(63(92)93)71-61(49)90/h6-11,13-19,23-24,34-35,42,44,46-54,56-57,65,70,77-80,82-86H,12,20-22,69H2,1-5H3,(H,71,90)(H,72,81)(H,73,89)(H,74,91)(H,75,87)(H,76,88)(H,92,93)(H,94,95)/p-1/t24-,34+,35+,42-,44+,46-,47-,48+,49-,50+,51-,52-,53-,54+,56-,57-,65+,66+/m1/s1. The minimum absolute atomic E-state index is 0.101. The van der Waals surface area contributed by atoms with Gasteiger partial charge < -0.3 is 132 Å². The summed E-state index contributed by atoms with van der Waals surface area (Å²) in [6, 6.07) is -1.27. The highest BCUT2D eigenvalue weighted by Crippen LogP contribution is 2.50. The molecule has 5 aromatic rings. The molecule has 7 aliphatic rings. The molecule has 19 N–H and O–H groups in total. The Morgan fingerprint density at radius 2 is 1.35 bits per heavy atom. The number of phenolic OH excluding ortho intramolecular Hbond substituents is 3. The third kappa shape index (κ3) is 15.8. The van der Waals surface area contributed by atoms with Crippen molar-refractivity contribution >= 4 is 70.6 Å². The van der Waals surface area contributed by atoms with E-state index < -0.39 is 242 Å². The molecule has 35 heteroatoms. The number of benzene rings is 5. The van der Waals surface area contributed by atoms with E-state index in [1.807, 2.05) is 0 Å². The number of aliphatic hydroxyl groups excluding tert-OH is 6. The highest BCUT2D eigenvalue weighted by Gasteiger charge is 2.51. The number of carboxylic acid groups (broad SMARTS) is 2. The molecule has 6 amide bonds. The molecular formula is C66H73Cl2N8O25-. The maximum Gasteiger partial charge on any atom is 0.326 e. The fourth-order valence-corrected chi connectivity index (χ4v) is 12.9. The lowest BCUT2D eigenvalue weighted by atomic mass is 9.86. The number of phenols is 3. The molecule has 0 spiro atoms. The summed E-state index contributed by atoms with van der Waals surface area (Å²) < 4.78 is 38.2. The van der Waals surface area contributed by atoms with Gasteiger partial charge in [-0.15, -0.1) is 0 Å². The van der Waals surface area contributed by atoms with Crippen LogP contribution >= 0.6 is 23.2 Å².